The van der Waals surface area contributed by atoms with Gasteiger partial charge in [-0.2, -0.15) is 0 Å². The maximum absolute atomic E-state index is 13.1. The second-order valence-electron chi connectivity index (χ2n) is 10.8. The molecule has 0 fully saturated rings. The van der Waals surface area contributed by atoms with Crippen molar-refractivity contribution >= 4 is 0 Å². The normalized spacial score (nSPS) is 17.2. The molecule has 0 bridgehead atoms. The van der Waals surface area contributed by atoms with Crippen LogP contribution in [-0.2, 0) is 19.4 Å². The standard InChI is InChI=1S/C31H39FNO3/c1-31(18-5-20-33(2,3)21-17-24-8-12-28(34-4)13-9-24)19-16-26-22-29(14-15-30(26)36-31)35-23-25-6-10-27(32)11-7-25/h6-15,22H,5,16-21,23H2,1-4H3/q+1. The van der Waals surface area contributed by atoms with Crippen molar-refractivity contribution in [3.05, 3.63) is 89.2 Å². The fraction of sp³-hybridized carbons (Fsp3) is 0.419. The van der Waals surface area contributed by atoms with Gasteiger partial charge in [0.15, 0.2) is 0 Å². The molecule has 3 aromatic rings. The van der Waals surface area contributed by atoms with Gasteiger partial charge in [-0.05, 0) is 85.3 Å². The number of fused-ring (bicyclic) bond motifs is 1. The highest BCUT2D eigenvalue weighted by atomic mass is 19.1. The molecular weight excluding hydrogens is 453 g/mol. The molecule has 1 aliphatic heterocycles. The fourth-order valence-electron chi connectivity index (χ4n) is 4.80. The lowest BCUT2D eigenvalue weighted by Crippen LogP contribution is -2.43. The first kappa shape index (κ1) is 26.0. The average Bonchev–Trinajstić information content (AvgIpc) is 2.87. The van der Waals surface area contributed by atoms with Gasteiger partial charge in [0.25, 0.3) is 0 Å². The Bertz CT molecular complexity index is 1130. The quantitative estimate of drug-likeness (QED) is 0.282. The third-order valence-corrected chi connectivity index (χ3v) is 7.26. The highest BCUT2D eigenvalue weighted by molar-refractivity contribution is 5.42. The van der Waals surface area contributed by atoms with Gasteiger partial charge in [-0.3, -0.25) is 0 Å². The smallest absolute Gasteiger partial charge is 0.123 e. The van der Waals surface area contributed by atoms with Gasteiger partial charge in [-0.15, -0.1) is 0 Å². The monoisotopic (exact) mass is 492 g/mol. The van der Waals surface area contributed by atoms with Gasteiger partial charge >= 0.3 is 0 Å². The zero-order chi connectivity index (χ0) is 25.6. The summed E-state index contributed by atoms with van der Waals surface area (Å²) in [6.07, 6.45) is 5.21. The van der Waals surface area contributed by atoms with Gasteiger partial charge in [0, 0.05) is 12.8 Å². The number of halogens is 1. The number of likely N-dealkylation sites (N-methyl/N-ethyl adjacent to an activating group) is 1. The van der Waals surface area contributed by atoms with Gasteiger partial charge < -0.3 is 18.7 Å². The number of hydrogen-bond acceptors (Lipinski definition) is 3. The number of ether oxygens (including phenoxy) is 3. The number of nitrogens with zero attached hydrogens (tertiary/aromatic N) is 1. The van der Waals surface area contributed by atoms with Crippen LogP contribution in [0, 0.1) is 5.82 Å². The molecule has 4 nitrogen and oxygen atoms in total. The Morgan fingerprint density at radius 1 is 0.917 bits per heavy atom. The number of hydrogen-bond donors (Lipinski definition) is 0. The molecule has 0 radical (unpaired) electrons. The van der Waals surface area contributed by atoms with E-state index in [0.29, 0.717) is 6.61 Å². The van der Waals surface area contributed by atoms with Gasteiger partial charge in [0.1, 0.15) is 35.3 Å². The van der Waals surface area contributed by atoms with E-state index in [9.17, 15) is 4.39 Å². The van der Waals surface area contributed by atoms with Crippen molar-refractivity contribution in [2.75, 3.05) is 34.3 Å². The number of aryl methyl sites for hydroxylation is 1. The third kappa shape index (κ3) is 7.23. The molecule has 0 amide bonds. The van der Waals surface area contributed by atoms with E-state index in [-0.39, 0.29) is 11.4 Å². The van der Waals surface area contributed by atoms with Crippen LogP contribution in [0.5, 0.6) is 17.2 Å². The molecular formula is C31H39FNO3+. The molecule has 0 spiro atoms. The van der Waals surface area contributed by atoms with Crippen LogP contribution < -0.4 is 14.2 Å². The van der Waals surface area contributed by atoms with Gasteiger partial charge in [0.2, 0.25) is 0 Å². The molecule has 1 unspecified atom stereocenters. The summed E-state index contributed by atoms with van der Waals surface area (Å²) in [6, 6.07) is 20.9. The van der Waals surface area contributed by atoms with Crippen molar-refractivity contribution in [2.45, 2.75) is 51.2 Å². The number of methoxy groups -OCH3 is 1. The summed E-state index contributed by atoms with van der Waals surface area (Å²) in [5.41, 5.74) is 3.35. The number of benzene rings is 3. The molecule has 0 saturated carbocycles. The van der Waals surface area contributed by atoms with Crippen LogP contribution in [-0.4, -0.2) is 44.4 Å². The Labute approximate surface area is 215 Å². The van der Waals surface area contributed by atoms with Gasteiger partial charge in [-0.1, -0.05) is 24.3 Å². The number of rotatable bonds is 11. The molecule has 1 heterocycles. The molecule has 1 atom stereocenters. The number of quaternary nitrogens is 1. The first-order chi connectivity index (χ1) is 17.2. The maximum Gasteiger partial charge on any atom is 0.123 e. The third-order valence-electron chi connectivity index (χ3n) is 7.26. The van der Waals surface area contributed by atoms with Crippen LogP contribution in [0.3, 0.4) is 0 Å². The molecule has 192 valence electrons. The van der Waals surface area contributed by atoms with E-state index in [0.717, 1.165) is 72.5 Å². The highest BCUT2D eigenvalue weighted by Gasteiger charge is 2.32. The molecule has 4 rings (SSSR count). The summed E-state index contributed by atoms with van der Waals surface area (Å²) < 4.78 is 31.8. The van der Waals surface area contributed by atoms with Crippen molar-refractivity contribution in [1.29, 1.82) is 0 Å². The molecule has 3 aromatic carbocycles. The first-order valence-electron chi connectivity index (χ1n) is 12.9. The minimum Gasteiger partial charge on any atom is -0.497 e. The Balaban J connectivity index is 1.24. The predicted molar refractivity (Wildman–Crippen MR) is 142 cm³/mol. The molecule has 0 aromatic heterocycles. The zero-order valence-electron chi connectivity index (χ0n) is 22.1. The largest absolute Gasteiger partial charge is 0.497 e. The Kier molecular flexibility index (Phi) is 8.20. The lowest BCUT2D eigenvalue weighted by Gasteiger charge is -2.37. The second-order valence-corrected chi connectivity index (χ2v) is 10.8. The zero-order valence-corrected chi connectivity index (χ0v) is 22.1. The molecule has 36 heavy (non-hydrogen) atoms. The van der Waals surface area contributed by atoms with E-state index in [1.807, 2.05) is 24.3 Å². The van der Waals surface area contributed by atoms with Crippen LogP contribution in [0.1, 0.15) is 42.9 Å². The molecule has 5 heteroatoms. The lowest BCUT2D eigenvalue weighted by atomic mass is 9.88. The summed E-state index contributed by atoms with van der Waals surface area (Å²) in [5, 5.41) is 0. The van der Waals surface area contributed by atoms with Crippen LogP contribution >= 0.6 is 0 Å². The Hall–Kier alpha value is -3.05. The van der Waals surface area contributed by atoms with Crippen molar-refractivity contribution in [1.82, 2.24) is 0 Å². The Morgan fingerprint density at radius 3 is 2.33 bits per heavy atom. The van der Waals surface area contributed by atoms with Crippen LogP contribution in [0.15, 0.2) is 66.7 Å². The summed E-state index contributed by atoms with van der Waals surface area (Å²) in [4.78, 5) is 0. The van der Waals surface area contributed by atoms with E-state index in [1.54, 1.807) is 19.2 Å². The molecule has 0 aliphatic carbocycles. The van der Waals surface area contributed by atoms with E-state index < -0.39 is 0 Å². The SMILES string of the molecule is COc1ccc(CC[N+](C)(C)CCCC2(C)CCc3cc(OCc4ccc(F)cc4)ccc3O2)cc1. The minimum atomic E-state index is -0.233. The van der Waals surface area contributed by atoms with Crippen LogP contribution in [0.4, 0.5) is 4.39 Å². The summed E-state index contributed by atoms with van der Waals surface area (Å²) in [6.45, 7) is 4.89. The van der Waals surface area contributed by atoms with Crippen molar-refractivity contribution < 1.29 is 23.1 Å². The molecule has 0 saturated heterocycles. The van der Waals surface area contributed by atoms with Crippen LogP contribution in [0.25, 0.3) is 0 Å². The van der Waals surface area contributed by atoms with Crippen molar-refractivity contribution in [2.24, 2.45) is 0 Å². The highest BCUT2D eigenvalue weighted by Crippen LogP contribution is 2.37. The maximum atomic E-state index is 13.1. The summed E-state index contributed by atoms with van der Waals surface area (Å²) >= 11 is 0. The summed E-state index contributed by atoms with van der Waals surface area (Å²) in [5.74, 6) is 2.46. The minimum absolute atomic E-state index is 0.139. The summed E-state index contributed by atoms with van der Waals surface area (Å²) in [7, 11) is 6.33. The van der Waals surface area contributed by atoms with Gasteiger partial charge in [-0.25, -0.2) is 4.39 Å². The topological polar surface area (TPSA) is 27.7 Å². The predicted octanol–water partition coefficient (Wildman–Crippen LogP) is 6.60. The second kappa shape index (κ2) is 11.3. The van der Waals surface area contributed by atoms with Gasteiger partial charge in [0.05, 0.1) is 34.3 Å². The fourth-order valence-corrected chi connectivity index (χ4v) is 4.80. The van der Waals surface area contributed by atoms with E-state index in [2.05, 4.69) is 39.2 Å². The van der Waals surface area contributed by atoms with E-state index in [1.165, 1.54) is 23.3 Å². The average molecular weight is 493 g/mol. The van der Waals surface area contributed by atoms with Crippen LogP contribution in [0.2, 0.25) is 0 Å². The van der Waals surface area contributed by atoms with Crippen molar-refractivity contribution in [3.63, 3.8) is 0 Å². The molecule has 0 N–H and O–H groups in total. The first-order valence-corrected chi connectivity index (χ1v) is 12.9. The molecule has 1 aliphatic rings. The van der Waals surface area contributed by atoms with E-state index in [4.69, 9.17) is 14.2 Å². The Morgan fingerprint density at radius 2 is 1.61 bits per heavy atom. The van der Waals surface area contributed by atoms with Crippen molar-refractivity contribution in [3.8, 4) is 17.2 Å². The lowest BCUT2D eigenvalue weighted by molar-refractivity contribution is -0.890. The van der Waals surface area contributed by atoms with E-state index >= 15 is 0 Å².